The van der Waals surface area contributed by atoms with E-state index >= 15 is 0 Å². The quantitative estimate of drug-likeness (QED) is 0.771. The van der Waals surface area contributed by atoms with Crippen LogP contribution in [0.3, 0.4) is 0 Å². The summed E-state index contributed by atoms with van der Waals surface area (Å²) in [5.41, 5.74) is -0.336. The van der Waals surface area contributed by atoms with Gasteiger partial charge in [0, 0.05) is 11.6 Å². The van der Waals surface area contributed by atoms with Gasteiger partial charge in [-0.15, -0.1) is 0 Å². The summed E-state index contributed by atoms with van der Waals surface area (Å²) in [5, 5.41) is 10.9. The Balaban J connectivity index is 2.93. The molecule has 0 heterocycles. The van der Waals surface area contributed by atoms with Crippen LogP contribution in [-0.4, -0.2) is 23.7 Å². The van der Waals surface area contributed by atoms with Crippen molar-refractivity contribution in [3.63, 3.8) is 0 Å². The summed E-state index contributed by atoms with van der Waals surface area (Å²) in [4.78, 5) is 11.4. The lowest BCUT2D eigenvalue weighted by Crippen LogP contribution is -2.35. The van der Waals surface area contributed by atoms with E-state index in [2.05, 4.69) is 5.32 Å². The molecule has 0 radical (unpaired) electrons. The van der Waals surface area contributed by atoms with Crippen LogP contribution in [0.5, 0.6) is 0 Å². The lowest BCUT2D eigenvalue weighted by Gasteiger charge is -2.10. The number of carbonyl (C=O) groups is 1. The summed E-state index contributed by atoms with van der Waals surface area (Å²) >= 11 is 0. The molecule has 1 amide bonds. The van der Waals surface area contributed by atoms with E-state index in [1.165, 1.54) is 6.92 Å². The van der Waals surface area contributed by atoms with E-state index in [0.717, 1.165) is 0 Å². The van der Waals surface area contributed by atoms with Crippen molar-refractivity contribution in [3.8, 4) is 0 Å². The van der Waals surface area contributed by atoms with Crippen LogP contribution in [0.15, 0.2) is 12.1 Å². The van der Waals surface area contributed by atoms with Crippen molar-refractivity contribution in [3.05, 3.63) is 35.1 Å². The van der Waals surface area contributed by atoms with E-state index in [4.69, 9.17) is 5.11 Å². The van der Waals surface area contributed by atoms with E-state index in [1.54, 1.807) is 0 Å². The van der Waals surface area contributed by atoms with E-state index in [-0.39, 0.29) is 12.2 Å². The third-order valence-corrected chi connectivity index (χ3v) is 1.90. The van der Waals surface area contributed by atoms with Gasteiger partial charge < -0.3 is 10.4 Å². The first-order chi connectivity index (χ1) is 7.45. The molecule has 88 valence electrons. The molecule has 1 atom stereocenters. The van der Waals surface area contributed by atoms with Crippen molar-refractivity contribution < 1.29 is 23.1 Å². The van der Waals surface area contributed by atoms with Crippen LogP contribution in [0.1, 0.15) is 17.3 Å². The fraction of sp³-hybridized carbons (Fsp3) is 0.300. The van der Waals surface area contributed by atoms with E-state index < -0.39 is 29.4 Å². The standard InChI is InChI=1S/C10H10F3NO2/c1-5(4-15)14-10(16)6-2-7(11)9(13)8(12)3-6/h2-3,5,15H,4H2,1H3,(H,14,16)/t5-/m0/s1. The van der Waals surface area contributed by atoms with Crippen molar-refractivity contribution >= 4 is 5.91 Å². The summed E-state index contributed by atoms with van der Waals surface area (Å²) in [5.74, 6) is -5.25. The maximum atomic E-state index is 12.8. The molecule has 1 aromatic rings. The predicted molar refractivity (Wildman–Crippen MR) is 50.3 cm³/mol. The van der Waals surface area contributed by atoms with Gasteiger partial charge in [0.1, 0.15) is 0 Å². The number of hydrogen-bond donors (Lipinski definition) is 2. The minimum Gasteiger partial charge on any atom is -0.394 e. The molecule has 2 N–H and O–H groups in total. The van der Waals surface area contributed by atoms with Gasteiger partial charge in [-0.2, -0.15) is 0 Å². The number of halogens is 3. The second kappa shape index (κ2) is 4.98. The molecule has 0 unspecified atom stereocenters. The highest BCUT2D eigenvalue weighted by atomic mass is 19.2. The maximum Gasteiger partial charge on any atom is 0.251 e. The van der Waals surface area contributed by atoms with E-state index in [9.17, 15) is 18.0 Å². The van der Waals surface area contributed by atoms with E-state index in [0.29, 0.717) is 12.1 Å². The van der Waals surface area contributed by atoms with Crippen molar-refractivity contribution in [2.45, 2.75) is 13.0 Å². The average Bonchev–Trinajstić information content (AvgIpc) is 2.24. The van der Waals surface area contributed by atoms with Gasteiger partial charge in [-0.3, -0.25) is 4.79 Å². The predicted octanol–water partition coefficient (Wildman–Crippen LogP) is 1.21. The van der Waals surface area contributed by atoms with Crippen molar-refractivity contribution in [2.75, 3.05) is 6.61 Å². The van der Waals surface area contributed by atoms with Gasteiger partial charge in [0.05, 0.1) is 6.61 Å². The maximum absolute atomic E-state index is 12.8. The monoisotopic (exact) mass is 233 g/mol. The zero-order valence-corrected chi connectivity index (χ0v) is 8.43. The first-order valence-corrected chi connectivity index (χ1v) is 4.52. The third-order valence-electron chi connectivity index (χ3n) is 1.90. The second-order valence-corrected chi connectivity index (χ2v) is 3.31. The highest BCUT2D eigenvalue weighted by Crippen LogP contribution is 2.13. The Kier molecular flexibility index (Phi) is 3.89. The molecule has 1 aromatic carbocycles. The molecular weight excluding hydrogens is 223 g/mol. The molecule has 0 aliphatic rings. The Morgan fingerprint density at radius 2 is 1.88 bits per heavy atom. The largest absolute Gasteiger partial charge is 0.394 e. The molecule has 16 heavy (non-hydrogen) atoms. The zero-order chi connectivity index (χ0) is 12.3. The molecule has 1 rings (SSSR count). The molecule has 0 bridgehead atoms. The molecular formula is C10H10F3NO2. The van der Waals surface area contributed by atoms with Crippen LogP contribution in [0.2, 0.25) is 0 Å². The summed E-state index contributed by atoms with van der Waals surface area (Å²) in [7, 11) is 0. The third kappa shape index (κ3) is 2.73. The lowest BCUT2D eigenvalue weighted by atomic mass is 10.2. The first kappa shape index (κ1) is 12.5. The highest BCUT2D eigenvalue weighted by Gasteiger charge is 2.15. The molecule has 0 saturated carbocycles. The minimum absolute atomic E-state index is 0.308. The number of aliphatic hydroxyl groups is 1. The second-order valence-electron chi connectivity index (χ2n) is 3.31. The molecule has 3 nitrogen and oxygen atoms in total. The smallest absolute Gasteiger partial charge is 0.251 e. The number of aliphatic hydroxyl groups excluding tert-OH is 1. The summed E-state index contributed by atoms with van der Waals surface area (Å²) in [6.07, 6.45) is 0. The fourth-order valence-electron chi connectivity index (χ4n) is 1.04. The molecule has 0 spiro atoms. The van der Waals surface area contributed by atoms with Crippen molar-refractivity contribution in [2.24, 2.45) is 0 Å². The normalized spacial score (nSPS) is 12.3. The molecule has 0 aromatic heterocycles. The van der Waals surface area contributed by atoms with Crippen LogP contribution in [0, 0.1) is 17.5 Å². The highest BCUT2D eigenvalue weighted by molar-refractivity contribution is 5.94. The molecule has 0 aliphatic carbocycles. The van der Waals surface area contributed by atoms with Crippen LogP contribution in [0.25, 0.3) is 0 Å². The molecule has 0 saturated heterocycles. The Morgan fingerprint density at radius 3 is 2.31 bits per heavy atom. The minimum atomic E-state index is -1.62. The van der Waals surface area contributed by atoms with Gasteiger partial charge in [-0.25, -0.2) is 13.2 Å². The van der Waals surface area contributed by atoms with Gasteiger partial charge in [0.2, 0.25) is 0 Å². The molecule has 6 heteroatoms. The summed E-state index contributed by atoms with van der Waals surface area (Å²) in [6.45, 7) is 1.20. The van der Waals surface area contributed by atoms with Crippen molar-refractivity contribution in [1.82, 2.24) is 5.32 Å². The first-order valence-electron chi connectivity index (χ1n) is 4.52. The van der Waals surface area contributed by atoms with Gasteiger partial charge in [-0.05, 0) is 19.1 Å². The Labute approximate surface area is 89.9 Å². The van der Waals surface area contributed by atoms with E-state index in [1.807, 2.05) is 0 Å². The number of carbonyl (C=O) groups excluding carboxylic acids is 1. The topological polar surface area (TPSA) is 49.3 Å². The fourth-order valence-corrected chi connectivity index (χ4v) is 1.04. The van der Waals surface area contributed by atoms with Crippen LogP contribution in [-0.2, 0) is 0 Å². The Morgan fingerprint density at radius 1 is 1.38 bits per heavy atom. The van der Waals surface area contributed by atoms with Crippen molar-refractivity contribution in [1.29, 1.82) is 0 Å². The number of nitrogens with one attached hydrogen (secondary N) is 1. The number of rotatable bonds is 3. The van der Waals surface area contributed by atoms with Gasteiger partial charge in [0.15, 0.2) is 17.5 Å². The summed E-state index contributed by atoms with van der Waals surface area (Å²) in [6, 6.07) is 0.638. The Hall–Kier alpha value is -1.56. The van der Waals surface area contributed by atoms with Gasteiger partial charge in [-0.1, -0.05) is 0 Å². The molecule has 0 aliphatic heterocycles. The van der Waals surface area contributed by atoms with Crippen LogP contribution < -0.4 is 5.32 Å². The average molecular weight is 233 g/mol. The number of benzene rings is 1. The molecule has 0 fully saturated rings. The zero-order valence-electron chi connectivity index (χ0n) is 8.43. The van der Waals surface area contributed by atoms with Crippen LogP contribution >= 0.6 is 0 Å². The van der Waals surface area contributed by atoms with Gasteiger partial charge in [0.25, 0.3) is 5.91 Å². The van der Waals surface area contributed by atoms with Gasteiger partial charge >= 0.3 is 0 Å². The van der Waals surface area contributed by atoms with Crippen LogP contribution in [0.4, 0.5) is 13.2 Å². The number of hydrogen-bond acceptors (Lipinski definition) is 2. The number of amides is 1. The SMILES string of the molecule is C[C@@H](CO)NC(=O)c1cc(F)c(F)c(F)c1. The Bertz CT molecular complexity index is 386. The lowest BCUT2D eigenvalue weighted by molar-refractivity contribution is 0.0921. The summed E-state index contributed by atoms with van der Waals surface area (Å²) < 4.78 is 38.1.